The van der Waals surface area contributed by atoms with Gasteiger partial charge >= 0.3 is 11.9 Å². The first kappa shape index (κ1) is 26.1. The zero-order valence-electron chi connectivity index (χ0n) is 18.9. The van der Waals surface area contributed by atoms with Crippen LogP contribution in [0.2, 0.25) is 0 Å². The smallest absolute Gasteiger partial charge is 0.326 e. The Morgan fingerprint density at radius 3 is 2.53 bits per heavy atom. The molecule has 1 amide bonds. The molecule has 2 N–H and O–H groups in total. The third kappa shape index (κ3) is 6.23. The van der Waals surface area contributed by atoms with Crippen LogP contribution < -0.4 is 5.32 Å². The summed E-state index contributed by atoms with van der Waals surface area (Å²) in [6.07, 6.45) is 5.62. The summed E-state index contributed by atoms with van der Waals surface area (Å²) in [5.74, 6) is -1.31. The Morgan fingerprint density at radius 1 is 1.19 bits per heavy atom. The molecule has 7 nitrogen and oxygen atoms in total. The predicted octanol–water partition coefficient (Wildman–Crippen LogP) is 3.20. The first-order chi connectivity index (χ1) is 14.9. The van der Waals surface area contributed by atoms with E-state index in [1.807, 2.05) is 30.3 Å². The Hall–Kier alpha value is -2.12. The molecular formula is C24H35ClN2O5. The number of nitrogens with zero attached hydrogens (tertiary/aromatic N) is 1. The van der Waals surface area contributed by atoms with Crippen LogP contribution in [0, 0.1) is 5.92 Å². The minimum atomic E-state index is -0.944. The molecule has 2 aliphatic rings. The van der Waals surface area contributed by atoms with Crippen LogP contribution >= 0.6 is 12.4 Å². The number of carbonyl (C=O) groups excluding carboxylic acids is 2. The molecule has 32 heavy (non-hydrogen) atoms. The predicted molar refractivity (Wildman–Crippen MR) is 124 cm³/mol. The number of likely N-dealkylation sites (tertiary alicyclic amines) is 1. The lowest BCUT2D eigenvalue weighted by atomic mass is 9.84. The van der Waals surface area contributed by atoms with Crippen LogP contribution in [0.15, 0.2) is 30.3 Å². The normalized spacial score (nSPS) is 24.1. The number of fused-ring (bicyclic) bond motifs is 1. The van der Waals surface area contributed by atoms with E-state index in [2.05, 4.69) is 5.32 Å². The molecule has 2 fully saturated rings. The molecule has 1 aliphatic heterocycles. The van der Waals surface area contributed by atoms with Crippen LogP contribution in [0.3, 0.4) is 0 Å². The van der Waals surface area contributed by atoms with E-state index in [4.69, 9.17) is 4.74 Å². The Balaban J connectivity index is 0.00000363. The molecule has 3 rings (SSSR count). The number of hydrogen-bond acceptors (Lipinski definition) is 5. The Labute approximate surface area is 196 Å². The minimum absolute atomic E-state index is 0. The largest absolute Gasteiger partial charge is 0.480 e. The van der Waals surface area contributed by atoms with Gasteiger partial charge in [-0.25, -0.2) is 4.79 Å². The number of hydrogen-bond donors (Lipinski definition) is 2. The number of amides is 1. The fourth-order valence-electron chi connectivity index (χ4n) is 5.06. The molecule has 178 valence electrons. The van der Waals surface area contributed by atoms with Crippen molar-refractivity contribution in [3.63, 3.8) is 0 Å². The lowest BCUT2D eigenvalue weighted by Crippen LogP contribution is -2.55. The summed E-state index contributed by atoms with van der Waals surface area (Å²) in [6, 6.07) is 7.75. The van der Waals surface area contributed by atoms with E-state index in [9.17, 15) is 19.5 Å². The van der Waals surface area contributed by atoms with Crippen molar-refractivity contribution in [3.8, 4) is 0 Å². The fraction of sp³-hybridized carbons (Fsp3) is 0.625. The molecule has 1 aromatic rings. The van der Waals surface area contributed by atoms with Gasteiger partial charge in [0.1, 0.15) is 12.1 Å². The van der Waals surface area contributed by atoms with Gasteiger partial charge in [0.15, 0.2) is 0 Å². The van der Waals surface area contributed by atoms with Crippen LogP contribution in [0.1, 0.15) is 57.9 Å². The van der Waals surface area contributed by atoms with Crippen molar-refractivity contribution in [3.05, 3.63) is 35.9 Å². The quantitative estimate of drug-likeness (QED) is 0.542. The van der Waals surface area contributed by atoms with E-state index in [0.717, 1.165) is 31.2 Å². The van der Waals surface area contributed by atoms with Gasteiger partial charge in [0, 0.05) is 6.04 Å². The maximum absolute atomic E-state index is 13.4. The first-order valence-corrected chi connectivity index (χ1v) is 11.4. The Bertz CT molecular complexity index is 775. The molecule has 0 aromatic heterocycles. The molecule has 1 saturated heterocycles. The zero-order valence-corrected chi connectivity index (χ0v) is 19.7. The highest BCUT2D eigenvalue weighted by atomic mass is 35.5. The molecule has 1 heterocycles. The topological polar surface area (TPSA) is 95.9 Å². The monoisotopic (exact) mass is 466 g/mol. The van der Waals surface area contributed by atoms with Crippen LogP contribution in [-0.4, -0.2) is 58.6 Å². The van der Waals surface area contributed by atoms with Gasteiger partial charge in [-0.05, 0) is 57.4 Å². The van der Waals surface area contributed by atoms with Gasteiger partial charge in [0.05, 0.1) is 12.6 Å². The number of nitrogens with one attached hydrogen (secondary N) is 1. The van der Waals surface area contributed by atoms with Crippen molar-refractivity contribution in [2.24, 2.45) is 5.92 Å². The maximum atomic E-state index is 13.4. The highest BCUT2D eigenvalue weighted by molar-refractivity contribution is 5.88. The molecular weight excluding hydrogens is 432 g/mol. The SMILES string of the molecule is CCOC(=O)[C@H](CCc1ccccc1)N[C@@H](C)C(=O)N1[C@H](C(=O)O)C[C@@H]2CCCC[C@@H]21.Cl. The number of aliphatic carboxylic acids is 1. The standard InChI is InChI=1S/C24H34N2O5.ClH/c1-3-31-24(30)19(14-13-17-9-5-4-6-10-17)25-16(2)22(27)26-20-12-8-7-11-18(20)15-21(26)23(28)29;/h4-6,9-10,16,18-21,25H,3,7-8,11-15H2,1-2H3,(H,28,29);1H/t16-,18-,19-,20-,21-;/m0./s1. The fourth-order valence-corrected chi connectivity index (χ4v) is 5.06. The van der Waals surface area contributed by atoms with Gasteiger partial charge in [-0.15, -0.1) is 12.4 Å². The highest BCUT2D eigenvalue weighted by Crippen LogP contribution is 2.40. The second-order valence-electron chi connectivity index (χ2n) is 8.66. The van der Waals surface area contributed by atoms with E-state index in [-0.39, 0.29) is 42.9 Å². The highest BCUT2D eigenvalue weighted by Gasteiger charge is 2.48. The molecule has 1 saturated carbocycles. The summed E-state index contributed by atoms with van der Waals surface area (Å²) in [5, 5.41) is 12.9. The van der Waals surface area contributed by atoms with Gasteiger partial charge in [0.25, 0.3) is 0 Å². The molecule has 1 aromatic carbocycles. The number of benzene rings is 1. The Morgan fingerprint density at radius 2 is 1.88 bits per heavy atom. The number of carbonyl (C=O) groups is 3. The van der Waals surface area contributed by atoms with Crippen molar-refractivity contribution in [1.82, 2.24) is 10.2 Å². The minimum Gasteiger partial charge on any atom is -0.480 e. The number of carboxylic acid groups (broad SMARTS) is 1. The number of carboxylic acids is 1. The molecule has 0 bridgehead atoms. The van der Waals surface area contributed by atoms with Crippen molar-refractivity contribution in [1.29, 1.82) is 0 Å². The van der Waals surface area contributed by atoms with Gasteiger partial charge in [0.2, 0.25) is 5.91 Å². The number of esters is 1. The lowest BCUT2D eigenvalue weighted by molar-refractivity contribution is -0.152. The number of rotatable bonds is 9. The number of aryl methyl sites for hydroxylation is 1. The lowest BCUT2D eigenvalue weighted by Gasteiger charge is -2.35. The van der Waals surface area contributed by atoms with Crippen LogP contribution in [0.5, 0.6) is 0 Å². The molecule has 5 atom stereocenters. The van der Waals surface area contributed by atoms with Crippen molar-refractivity contribution in [2.75, 3.05) is 6.61 Å². The summed E-state index contributed by atoms with van der Waals surface area (Å²) in [7, 11) is 0. The van der Waals surface area contributed by atoms with Crippen molar-refractivity contribution < 1.29 is 24.2 Å². The van der Waals surface area contributed by atoms with E-state index < -0.39 is 24.1 Å². The zero-order chi connectivity index (χ0) is 22.4. The molecule has 0 radical (unpaired) electrons. The second kappa shape index (κ2) is 12.2. The third-order valence-electron chi connectivity index (χ3n) is 6.58. The summed E-state index contributed by atoms with van der Waals surface area (Å²) in [5.41, 5.74) is 1.10. The summed E-state index contributed by atoms with van der Waals surface area (Å²) in [4.78, 5) is 39.3. The van der Waals surface area contributed by atoms with Gasteiger partial charge < -0.3 is 14.7 Å². The van der Waals surface area contributed by atoms with Crippen molar-refractivity contribution in [2.45, 2.75) is 83.0 Å². The van der Waals surface area contributed by atoms with E-state index in [1.54, 1.807) is 18.7 Å². The van der Waals surface area contributed by atoms with Gasteiger partial charge in [-0.2, -0.15) is 0 Å². The van der Waals surface area contributed by atoms with E-state index in [1.165, 1.54) is 0 Å². The summed E-state index contributed by atoms with van der Waals surface area (Å²) < 4.78 is 5.22. The molecule has 1 aliphatic carbocycles. The van der Waals surface area contributed by atoms with Crippen molar-refractivity contribution >= 4 is 30.3 Å². The van der Waals surface area contributed by atoms with Gasteiger partial charge in [-0.3, -0.25) is 14.9 Å². The van der Waals surface area contributed by atoms with Crippen LogP contribution in [0.4, 0.5) is 0 Å². The second-order valence-corrected chi connectivity index (χ2v) is 8.66. The molecule has 8 heteroatoms. The summed E-state index contributed by atoms with van der Waals surface area (Å²) >= 11 is 0. The average molecular weight is 467 g/mol. The molecule has 0 spiro atoms. The van der Waals surface area contributed by atoms with E-state index >= 15 is 0 Å². The number of ether oxygens (including phenoxy) is 1. The maximum Gasteiger partial charge on any atom is 0.326 e. The van der Waals surface area contributed by atoms with Gasteiger partial charge in [-0.1, -0.05) is 43.2 Å². The summed E-state index contributed by atoms with van der Waals surface area (Å²) in [6.45, 7) is 3.74. The molecule has 0 unspecified atom stereocenters. The number of halogens is 1. The first-order valence-electron chi connectivity index (χ1n) is 11.4. The Kier molecular flexibility index (Phi) is 9.97. The average Bonchev–Trinajstić information content (AvgIpc) is 3.16. The van der Waals surface area contributed by atoms with Crippen LogP contribution in [-0.2, 0) is 25.5 Å². The van der Waals surface area contributed by atoms with E-state index in [0.29, 0.717) is 19.3 Å². The van der Waals surface area contributed by atoms with Crippen LogP contribution in [0.25, 0.3) is 0 Å². The third-order valence-corrected chi connectivity index (χ3v) is 6.58.